The molecule has 3 rings (SSSR count). The maximum Gasteiger partial charge on any atom is 0.257 e. The van der Waals surface area contributed by atoms with E-state index in [1.807, 2.05) is 6.92 Å². The molecule has 2 atom stereocenters. The lowest BCUT2D eigenvalue weighted by atomic mass is 9.91. The van der Waals surface area contributed by atoms with Crippen molar-refractivity contribution in [2.24, 2.45) is 5.92 Å². The second-order valence-electron chi connectivity index (χ2n) is 5.37. The number of amides is 2. The number of rotatable bonds is 1. The SMILES string of the molecule is Cc1cc(Cl)c(C(=O)N2CCCC3C(=O)NCC32)cn1. The molecule has 0 radical (unpaired) electrons. The van der Waals surface area contributed by atoms with E-state index < -0.39 is 0 Å². The summed E-state index contributed by atoms with van der Waals surface area (Å²) in [6.07, 6.45) is 3.21. The van der Waals surface area contributed by atoms with Gasteiger partial charge < -0.3 is 10.2 Å². The number of nitrogens with zero attached hydrogens (tertiary/aromatic N) is 2. The second-order valence-corrected chi connectivity index (χ2v) is 5.77. The summed E-state index contributed by atoms with van der Waals surface area (Å²) in [4.78, 5) is 30.3. The van der Waals surface area contributed by atoms with E-state index in [0.717, 1.165) is 18.5 Å². The van der Waals surface area contributed by atoms with E-state index in [-0.39, 0.29) is 23.8 Å². The third kappa shape index (κ3) is 2.16. The Kier molecular flexibility index (Phi) is 3.38. The van der Waals surface area contributed by atoms with Gasteiger partial charge in [0, 0.05) is 25.0 Å². The van der Waals surface area contributed by atoms with Crippen molar-refractivity contribution in [1.82, 2.24) is 15.2 Å². The average molecular weight is 294 g/mol. The van der Waals surface area contributed by atoms with E-state index in [4.69, 9.17) is 11.6 Å². The summed E-state index contributed by atoms with van der Waals surface area (Å²) in [7, 11) is 0. The second kappa shape index (κ2) is 5.05. The van der Waals surface area contributed by atoms with E-state index in [0.29, 0.717) is 23.7 Å². The molecule has 0 aromatic carbocycles. The molecular weight excluding hydrogens is 278 g/mol. The molecule has 2 aliphatic heterocycles. The maximum atomic E-state index is 12.6. The molecular formula is C14H16ClN3O2. The van der Waals surface area contributed by atoms with Crippen LogP contribution in [0.1, 0.15) is 28.9 Å². The van der Waals surface area contributed by atoms with E-state index in [9.17, 15) is 9.59 Å². The van der Waals surface area contributed by atoms with Gasteiger partial charge in [0.15, 0.2) is 0 Å². The van der Waals surface area contributed by atoms with E-state index in [1.54, 1.807) is 11.0 Å². The van der Waals surface area contributed by atoms with Crippen molar-refractivity contribution < 1.29 is 9.59 Å². The first-order valence-electron chi connectivity index (χ1n) is 6.79. The van der Waals surface area contributed by atoms with Gasteiger partial charge in [0.25, 0.3) is 5.91 Å². The Bertz CT molecular complexity index is 576. The minimum absolute atomic E-state index is 0.0545. The number of fused-ring (bicyclic) bond motifs is 1. The van der Waals surface area contributed by atoms with Gasteiger partial charge in [-0.05, 0) is 25.8 Å². The summed E-state index contributed by atoms with van der Waals surface area (Å²) in [5.74, 6) is -0.154. The third-order valence-corrected chi connectivity index (χ3v) is 4.40. The van der Waals surface area contributed by atoms with Crippen LogP contribution in [0.15, 0.2) is 12.3 Å². The molecule has 1 N–H and O–H groups in total. The van der Waals surface area contributed by atoms with Crippen molar-refractivity contribution in [2.75, 3.05) is 13.1 Å². The van der Waals surface area contributed by atoms with Crippen molar-refractivity contribution >= 4 is 23.4 Å². The van der Waals surface area contributed by atoms with Crippen LogP contribution in [-0.2, 0) is 4.79 Å². The number of halogens is 1. The van der Waals surface area contributed by atoms with Crippen LogP contribution < -0.4 is 5.32 Å². The minimum Gasteiger partial charge on any atom is -0.354 e. The molecule has 0 bridgehead atoms. The van der Waals surface area contributed by atoms with Gasteiger partial charge in [-0.15, -0.1) is 0 Å². The van der Waals surface area contributed by atoms with Crippen molar-refractivity contribution in [1.29, 1.82) is 0 Å². The van der Waals surface area contributed by atoms with E-state index in [1.165, 1.54) is 6.20 Å². The highest BCUT2D eigenvalue weighted by atomic mass is 35.5. The van der Waals surface area contributed by atoms with Crippen LogP contribution in [0.3, 0.4) is 0 Å². The summed E-state index contributed by atoms with van der Waals surface area (Å²) >= 11 is 6.15. The van der Waals surface area contributed by atoms with Gasteiger partial charge in [-0.25, -0.2) is 0 Å². The van der Waals surface area contributed by atoms with Crippen LogP contribution in [0.5, 0.6) is 0 Å². The zero-order chi connectivity index (χ0) is 14.3. The van der Waals surface area contributed by atoms with E-state index in [2.05, 4.69) is 10.3 Å². The van der Waals surface area contributed by atoms with Gasteiger partial charge in [-0.1, -0.05) is 11.6 Å². The Morgan fingerprint density at radius 2 is 2.35 bits per heavy atom. The highest BCUT2D eigenvalue weighted by molar-refractivity contribution is 6.33. The highest BCUT2D eigenvalue weighted by Gasteiger charge is 2.43. The molecule has 0 saturated carbocycles. The summed E-state index contributed by atoms with van der Waals surface area (Å²) < 4.78 is 0. The fourth-order valence-electron chi connectivity index (χ4n) is 3.04. The number of carbonyl (C=O) groups is 2. The Hall–Kier alpha value is -1.62. The van der Waals surface area contributed by atoms with Gasteiger partial charge in [-0.2, -0.15) is 0 Å². The molecule has 20 heavy (non-hydrogen) atoms. The molecule has 5 nitrogen and oxygen atoms in total. The van der Waals surface area contributed by atoms with Crippen LogP contribution in [0.4, 0.5) is 0 Å². The van der Waals surface area contributed by atoms with Crippen LogP contribution in [0, 0.1) is 12.8 Å². The number of likely N-dealkylation sites (tertiary alicyclic amines) is 1. The summed E-state index contributed by atoms with van der Waals surface area (Å²) in [6.45, 7) is 3.03. The van der Waals surface area contributed by atoms with Crippen LogP contribution in [0.2, 0.25) is 5.02 Å². The lowest BCUT2D eigenvalue weighted by Gasteiger charge is -2.36. The van der Waals surface area contributed by atoms with Crippen molar-refractivity contribution in [2.45, 2.75) is 25.8 Å². The van der Waals surface area contributed by atoms with Crippen LogP contribution in [0.25, 0.3) is 0 Å². The first-order chi connectivity index (χ1) is 9.58. The smallest absolute Gasteiger partial charge is 0.257 e. The summed E-state index contributed by atoms with van der Waals surface area (Å²) in [5.41, 5.74) is 1.19. The van der Waals surface area contributed by atoms with Crippen molar-refractivity contribution in [3.05, 3.63) is 28.5 Å². The lowest BCUT2D eigenvalue weighted by Crippen LogP contribution is -2.48. The summed E-state index contributed by atoms with van der Waals surface area (Å²) in [6, 6.07) is 1.63. The van der Waals surface area contributed by atoms with Crippen molar-refractivity contribution in [3.63, 3.8) is 0 Å². The number of hydrogen-bond donors (Lipinski definition) is 1. The first kappa shape index (κ1) is 13.4. The molecule has 2 fully saturated rings. The Balaban J connectivity index is 1.88. The number of nitrogens with one attached hydrogen (secondary N) is 1. The predicted molar refractivity (Wildman–Crippen MR) is 74.5 cm³/mol. The molecule has 2 aliphatic rings. The van der Waals surface area contributed by atoms with Crippen LogP contribution >= 0.6 is 11.6 Å². The molecule has 0 spiro atoms. The standard InChI is InChI=1S/C14H16ClN3O2/c1-8-5-11(15)10(6-16-8)14(20)18-4-2-3-9-12(18)7-17-13(9)19/h5-6,9,12H,2-4,7H2,1H3,(H,17,19). The largest absolute Gasteiger partial charge is 0.354 e. The molecule has 1 aromatic heterocycles. The fourth-order valence-corrected chi connectivity index (χ4v) is 3.33. The number of pyridine rings is 1. The Morgan fingerprint density at radius 1 is 1.55 bits per heavy atom. The van der Waals surface area contributed by atoms with Gasteiger partial charge >= 0.3 is 0 Å². The maximum absolute atomic E-state index is 12.6. The van der Waals surface area contributed by atoms with Gasteiger partial charge in [0.2, 0.25) is 5.91 Å². The zero-order valence-electron chi connectivity index (χ0n) is 11.2. The Labute approximate surface area is 122 Å². The molecule has 106 valence electrons. The van der Waals surface area contributed by atoms with E-state index >= 15 is 0 Å². The molecule has 2 saturated heterocycles. The molecule has 1 aromatic rings. The zero-order valence-corrected chi connectivity index (χ0v) is 12.0. The number of hydrogen-bond acceptors (Lipinski definition) is 3. The molecule has 2 amide bonds. The topological polar surface area (TPSA) is 62.3 Å². The molecule has 3 heterocycles. The van der Waals surface area contributed by atoms with Crippen molar-refractivity contribution in [3.8, 4) is 0 Å². The Morgan fingerprint density at radius 3 is 3.10 bits per heavy atom. The predicted octanol–water partition coefficient (Wildman–Crippen LogP) is 1.39. The number of aromatic nitrogens is 1. The van der Waals surface area contributed by atoms with Gasteiger partial charge in [-0.3, -0.25) is 14.6 Å². The van der Waals surface area contributed by atoms with Gasteiger partial charge in [0.05, 0.1) is 22.5 Å². The third-order valence-electron chi connectivity index (χ3n) is 4.08. The first-order valence-corrected chi connectivity index (χ1v) is 7.16. The lowest BCUT2D eigenvalue weighted by molar-refractivity contribution is -0.123. The fraction of sp³-hybridized carbons (Fsp3) is 0.500. The number of aryl methyl sites for hydroxylation is 1. The van der Waals surface area contributed by atoms with Gasteiger partial charge in [0.1, 0.15) is 0 Å². The quantitative estimate of drug-likeness (QED) is 0.851. The number of piperidine rings is 1. The average Bonchev–Trinajstić information content (AvgIpc) is 2.80. The molecule has 0 aliphatic carbocycles. The summed E-state index contributed by atoms with van der Waals surface area (Å²) in [5, 5.41) is 3.26. The number of carbonyl (C=O) groups excluding carboxylic acids is 2. The van der Waals surface area contributed by atoms with Crippen LogP contribution in [-0.4, -0.2) is 40.8 Å². The normalized spacial score (nSPS) is 25.3. The molecule has 2 unspecified atom stereocenters. The minimum atomic E-state index is -0.131. The monoisotopic (exact) mass is 293 g/mol. The molecule has 6 heteroatoms. The highest BCUT2D eigenvalue weighted by Crippen LogP contribution is 2.29.